The molecule has 0 aromatic heterocycles. The van der Waals surface area contributed by atoms with Gasteiger partial charge in [-0.25, -0.2) is 12.7 Å². The summed E-state index contributed by atoms with van der Waals surface area (Å²) in [5.41, 5.74) is 2.81. The Hall–Kier alpha value is -2.18. The van der Waals surface area contributed by atoms with Gasteiger partial charge < -0.3 is 4.90 Å². The summed E-state index contributed by atoms with van der Waals surface area (Å²) in [7, 11) is -3.20. The van der Waals surface area contributed by atoms with E-state index < -0.39 is 10.0 Å². The van der Waals surface area contributed by atoms with Crippen molar-refractivity contribution >= 4 is 15.9 Å². The van der Waals surface area contributed by atoms with E-state index in [9.17, 15) is 13.2 Å². The Bertz CT molecular complexity index is 833. The van der Waals surface area contributed by atoms with Crippen molar-refractivity contribution in [1.82, 2.24) is 9.21 Å². The van der Waals surface area contributed by atoms with Crippen LogP contribution in [0.3, 0.4) is 0 Å². The van der Waals surface area contributed by atoms with Gasteiger partial charge in [-0.3, -0.25) is 4.79 Å². The lowest BCUT2D eigenvalue weighted by molar-refractivity contribution is 0.0764. The first-order valence-corrected chi connectivity index (χ1v) is 10.2. The van der Waals surface area contributed by atoms with Gasteiger partial charge >= 0.3 is 0 Å². The van der Waals surface area contributed by atoms with Gasteiger partial charge in [0.2, 0.25) is 10.0 Å². The van der Waals surface area contributed by atoms with E-state index in [0.717, 1.165) is 11.1 Å². The van der Waals surface area contributed by atoms with Crippen molar-refractivity contribution in [3.63, 3.8) is 0 Å². The van der Waals surface area contributed by atoms with Gasteiger partial charge in [0.05, 0.1) is 6.26 Å². The molecule has 6 heteroatoms. The molecule has 25 heavy (non-hydrogen) atoms. The number of sulfonamides is 1. The lowest BCUT2D eigenvalue weighted by atomic mass is 10.0. The molecular formula is C19H22N2O3S. The summed E-state index contributed by atoms with van der Waals surface area (Å²) >= 11 is 0. The number of amides is 1. The van der Waals surface area contributed by atoms with E-state index in [2.05, 4.69) is 0 Å². The average Bonchev–Trinajstić information content (AvgIpc) is 2.88. The van der Waals surface area contributed by atoms with Crippen molar-refractivity contribution in [1.29, 1.82) is 0 Å². The Balaban J connectivity index is 1.71. The highest BCUT2D eigenvalue weighted by Gasteiger charge is 2.24. The summed E-state index contributed by atoms with van der Waals surface area (Å²) in [5, 5.41) is 0. The minimum Gasteiger partial charge on any atom is -0.337 e. The molecule has 0 N–H and O–H groups in total. The van der Waals surface area contributed by atoms with E-state index in [1.807, 2.05) is 54.6 Å². The molecule has 132 valence electrons. The molecule has 0 radical (unpaired) electrons. The lowest BCUT2D eigenvalue weighted by Gasteiger charge is -2.21. The Morgan fingerprint density at radius 2 is 1.48 bits per heavy atom. The molecule has 1 aliphatic heterocycles. The van der Waals surface area contributed by atoms with Gasteiger partial charge in [0.25, 0.3) is 5.91 Å². The van der Waals surface area contributed by atoms with Gasteiger partial charge in [-0.05, 0) is 29.7 Å². The zero-order chi connectivity index (χ0) is 17.9. The number of rotatable bonds is 3. The number of hydrogen-bond acceptors (Lipinski definition) is 3. The van der Waals surface area contributed by atoms with E-state index in [1.165, 1.54) is 10.6 Å². The molecule has 1 aliphatic rings. The van der Waals surface area contributed by atoms with Crippen molar-refractivity contribution in [3.05, 3.63) is 60.2 Å². The van der Waals surface area contributed by atoms with Crippen molar-refractivity contribution in [2.75, 3.05) is 32.4 Å². The molecule has 0 atom stereocenters. The van der Waals surface area contributed by atoms with E-state index >= 15 is 0 Å². The van der Waals surface area contributed by atoms with Crippen LogP contribution in [0.5, 0.6) is 0 Å². The zero-order valence-electron chi connectivity index (χ0n) is 14.3. The topological polar surface area (TPSA) is 57.7 Å². The van der Waals surface area contributed by atoms with Crippen LogP contribution < -0.4 is 0 Å². The van der Waals surface area contributed by atoms with E-state index in [-0.39, 0.29) is 5.91 Å². The predicted molar refractivity (Wildman–Crippen MR) is 98.8 cm³/mol. The summed E-state index contributed by atoms with van der Waals surface area (Å²) in [4.78, 5) is 14.5. The lowest BCUT2D eigenvalue weighted by Crippen LogP contribution is -2.36. The highest BCUT2D eigenvalue weighted by Crippen LogP contribution is 2.20. The molecule has 2 aromatic carbocycles. The fourth-order valence-corrected chi connectivity index (χ4v) is 3.92. The second-order valence-corrected chi connectivity index (χ2v) is 8.23. The van der Waals surface area contributed by atoms with Gasteiger partial charge in [0.15, 0.2) is 0 Å². The minimum absolute atomic E-state index is 0.0463. The smallest absolute Gasteiger partial charge is 0.253 e. The monoisotopic (exact) mass is 358 g/mol. The van der Waals surface area contributed by atoms with E-state index in [1.54, 1.807) is 4.90 Å². The van der Waals surface area contributed by atoms with Gasteiger partial charge in [-0.15, -0.1) is 0 Å². The van der Waals surface area contributed by atoms with Crippen LogP contribution in [-0.4, -0.2) is 56.0 Å². The first-order chi connectivity index (χ1) is 11.9. The number of hydrogen-bond donors (Lipinski definition) is 0. The number of nitrogens with zero attached hydrogens (tertiary/aromatic N) is 2. The normalized spacial score (nSPS) is 16.4. The molecule has 0 bridgehead atoms. The molecular weight excluding hydrogens is 336 g/mol. The Morgan fingerprint density at radius 3 is 2.12 bits per heavy atom. The maximum absolute atomic E-state index is 12.7. The fourth-order valence-electron chi connectivity index (χ4n) is 3.05. The Morgan fingerprint density at radius 1 is 0.840 bits per heavy atom. The van der Waals surface area contributed by atoms with Gasteiger partial charge in [-0.1, -0.05) is 42.5 Å². The molecule has 0 spiro atoms. The molecule has 1 heterocycles. The highest BCUT2D eigenvalue weighted by atomic mass is 32.2. The van der Waals surface area contributed by atoms with Crippen LogP contribution in [0.4, 0.5) is 0 Å². The standard InChI is InChI=1S/C19H22N2O3S/c1-25(23,24)21-13-5-12-20(14-15-21)19(22)18-10-8-17(9-11-18)16-6-3-2-4-7-16/h2-4,6-11H,5,12-15H2,1H3. The van der Waals surface area contributed by atoms with Crippen LogP contribution in [0.1, 0.15) is 16.8 Å². The molecule has 5 nitrogen and oxygen atoms in total. The largest absolute Gasteiger partial charge is 0.337 e. The number of carbonyl (C=O) groups is 1. The second kappa shape index (κ2) is 7.37. The Labute approximate surface area is 148 Å². The summed E-state index contributed by atoms with van der Waals surface area (Å²) in [6.07, 6.45) is 1.87. The number of benzene rings is 2. The van der Waals surface area contributed by atoms with Crippen LogP contribution in [0, 0.1) is 0 Å². The third-order valence-electron chi connectivity index (χ3n) is 4.45. The summed E-state index contributed by atoms with van der Waals surface area (Å²) in [6, 6.07) is 17.6. The highest BCUT2D eigenvalue weighted by molar-refractivity contribution is 7.88. The maximum Gasteiger partial charge on any atom is 0.253 e. The SMILES string of the molecule is CS(=O)(=O)N1CCCN(C(=O)c2ccc(-c3ccccc3)cc2)CC1. The molecule has 1 saturated heterocycles. The fraction of sp³-hybridized carbons (Fsp3) is 0.316. The summed E-state index contributed by atoms with van der Waals surface area (Å²) in [5.74, 6) is -0.0463. The second-order valence-electron chi connectivity index (χ2n) is 6.25. The predicted octanol–water partition coefficient (Wildman–Crippen LogP) is 2.46. The van der Waals surface area contributed by atoms with Crippen LogP contribution in [0.2, 0.25) is 0 Å². The van der Waals surface area contributed by atoms with Crippen molar-refractivity contribution in [2.24, 2.45) is 0 Å². The van der Waals surface area contributed by atoms with Crippen molar-refractivity contribution in [3.8, 4) is 11.1 Å². The van der Waals surface area contributed by atoms with E-state index in [4.69, 9.17) is 0 Å². The molecule has 2 aromatic rings. The van der Waals surface area contributed by atoms with Gasteiger partial charge in [0, 0.05) is 31.7 Å². The quantitative estimate of drug-likeness (QED) is 0.847. The molecule has 3 rings (SSSR count). The van der Waals surface area contributed by atoms with Crippen LogP contribution in [-0.2, 0) is 10.0 Å². The maximum atomic E-state index is 12.7. The average molecular weight is 358 g/mol. The van der Waals surface area contributed by atoms with Crippen LogP contribution in [0.25, 0.3) is 11.1 Å². The summed E-state index contributed by atoms with van der Waals surface area (Å²) in [6.45, 7) is 1.82. The molecule has 0 unspecified atom stereocenters. The number of carbonyl (C=O) groups excluding carboxylic acids is 1. The molecule has 1 fully saturated rings. The molecule has 0 saturated carbocycles. The first-order valence-electron chi connectivity index (χ1n) is 8.35. The zero-order valence-corrected chi connectivity index (χ0v) is 15.1. The summed E-state index contributed by atoms with van der Waals surface area (Å²) < 4.78 is 24.8. The third kappa shape index (κ3) is 4.27. The molecule has 1 amide bonds. The van der Waals surface area contributed by atoms with Gasteiger partial charge in [0.1, 0.15) is 0 Å². The van der Waals surface area contributed by atoms with Crippen LogP contribution in [0.15, 0.2) is 54.6 Å². The first kappa shape index (κ1) is 17.6. The Kier molecular flexibility index (Phi) is 5.20. The minimum atomic E-state index is -3.20. The van der Waals surface area contributed by atoms with Gasteiger partial charge in [-0.2, -0.15) is 0 Å². The third-order valence-corrected chi connectivity index (χ3v) is 5.75. The van der Waals surface area contributed by atoms with Crippen molar-refractivity contribution in [2.45, 2.75) is 6.42 Å². The van der Waals surface area contributed by atoms with Crippen molar-refractivity contribution < 1.29 is 13.2 Å². The van der Waals surface area contributed by atoms with E-state index in [0.29, 0.717) is 38.2 Å². The molecule has 0 aliphatic carbocycles. The van der Waals surface area contributed by atoms with Crippen LogP contribution >= 0.6 is 0 Å².